The fraction of sp³-hybridized carbons (Fsp3) is 0.417. The molecule has 1 atom stereocenters. The quantitative estimate of drug-likeness (QED) is 0.851. The molecule has 0 saturated heterocycles. The van der Waals surface area contributed by atoms with Gasteiger partial charge in [-0.2, -0.15) is 0 Å². The van der Waals surface area contributed by atoms with E-state index in [-0.39, 0.29) is 11.8 Å². The summed E-state index contributed by atoms with van der Waals surface area (Å²) in [5.41, 5.74) is 0. The van der Waals surface area contributed by atoms with Crippen LogP contribution in [0.15, 0.2) is 28.1 Å². The van der Waals surface area contributed by atoms with Crippen LogP contribution in [0.4, 0.5) is 0 Å². The predicted molar refractivity (Wildman–Crippen MR) is 70.3 cm³/mol. The van der Waals surface area contributed by atoms with Gasteiger partial charge in [-0.05, 0) is 41.3 Å². The van der Waals surface area contributed by atoms with E-state index in [1.807, 2.05) is 11.4 Å². The monoisotopic (exact) mass is 299 g/mol. The van der Waals surface area contributed by atoms with E-state index < -0.39 is 0 Å². The fourth-order valence-electron chi connectivity index (χ4n) is 1.80. The minimum absolute atomic E-state index is 0.174. The van der Waals surface area contributed by atoms with Gasteiger partial charge in [0.1, 0.15) is 0 Å². The Bertz CT molecular complexity index is 399. The zero-order chi connectivity index (χ0) is 11.4. The van der Waals surface area contributed by atoms with Crippen LogP contribution < -0.4 is 5.32 Å². The van der Waals surface area contributed by atoms with Crippen LogP contribution in [0.2, 0.25) is 0 Å². The van der Waals surface area contributed by atoms with Crippen LogP contribution in [-0.4, -0.2) is 5.91 Å². The molecule has 1 aromatic heterocycles. The van der Waals surface area contributed by atoms with Crippen molar-refractivity contribution in [1.29, 1.82) is 0 Å². The van der Waals surface area contributed by atoms with Crippen LogP contribution >= 0.6 is 27.3 Å². The standard InChI is InChI=1S/C12H14BrNOS/c13-10-6-11(16-8-10)7-14-12(15)9-4-2-1-3-5-9/h1-2,6,8-9H,3-5,7H2,(H,14,15). The van der Waals surface area contributed by atoms with Gasteiger partial charge < -0.3 is 5.32 Å². The van der Waals surface area contributed by atoms with Crippen molar-refractivity contribution in [2.75, 3.05) is 0 Å². The van der Waals surface area contributed by atoms with Gasteiger partial charge >= 0.3 is 0 Å². The first-order valence-corrected chi connectivity index (χ1v) is 7.08. The summed E-state index contributed by atoms with van der Waals surface area (Å²) in [5.74, 6) is 0.363. The summed E-state index contributed by atoms with van der Waals surface area (Å²) in [5, 5.41) is 5.03. The lowest BCUT2D eigenvalue weighted by molar-refractivity contribution is -0.125. The maximum Gasteiger partial charge on any atom is 0.223 e. The Balaban J connectivity index is 1.81. The maximum atomic E-state index is 11.8. The van der Waals surface area contributed by atoms with Crippen LogP contribution in [0.3, 0.4) is 0 Å². The zero-order valence-corrected chi connectivity index (χ0v) is 11.3. The van der Waals surface area contributed by atoms with Gasteiger partial charge in [-0.3, -0.25) is 4.79 Å². The van der Waals surface area contributed by atoms with Gasteiger partial charge in [0.25, 0.3) is 0 Å². The number of carbonyl (C=O) groups is 1. The van der Waals surface area contributed by atoms with Crippen molar-refractivity contribution in [2.45, 2.75) is 25.8 Å². The molecule has 4 heteroatoms. The highest BCUT2D eigenvalue weighted by molar-refractivity contribution is 9.10. The summed E-state index contributed by atoms with van der Waals surface area (Å²) in [7, 11) is 0. The molecule has 2 rings (SSSR count). The van der Waals surface area contributed by atoms with Crippen molar-refractivity contribution in [3.63, 3.8) is 0 Å². The van der Waals surface area contributed by atoms with E-state index in [2.05, 4.69) is 33.4 Å². The van der Waals surface area contributed by atoms with E-state index >= 15 is 0 Å². The molecule has 0 spiro atoms. The van der Waals surface area contributed by atoms with Crippen LogP contribution in [0.5, 0.6) is 0 Å². The Hall–Kier alpha value is -0.610. The largest absolute Gasteiger partial charge is 0.351 e. The fourth-order valence-corrected chi connectivity index (χ4v) is 3.19. The Morgan fingerprint density at radius 3 is 3.06 bits per heavy atom. The number of allylic oxidation sites excluding steroid dienone is 2. The zero-order valence-electron chi connectivity index (χ0n) is 8.91. The average molecular weight is 300 g/mol. The molecule has 0 radical (unpaired) electrons. The number of halogens is 1. The lowest BCUT2D eigenvalue weighted by atomic mass is 9.94. The third-order valence-corrected chi connectivity index (χ3v) is 4.40. The van der Waals surface area contributed by atoms with Crippen LogP contribution in [0, 0.1) is 5.92 Å². The van der Waals surface area contributed by atoms with E-state index in [1.54, 1.807) is 11.3 Å². The number of carbonyl (C=O) groups excluding carboxylic acids is 1. The van der Waals surface area contributed by atoms with Crippen molar-refractivity contribution in [3.8, 4) is 0 Å². The third kappa shape index (κ3) is 3.19. The first-order chi connectivity index (χ1) is 7.75. The Labute approximate surface area is 108 Å². The van der Waals surface area contributed by atoms with Crippen molar-refractivity contribution in [2.24, 2.45) is 5.92 Å². The number of hydrogen-bond donors (Lipinski definition) is 1. The van der Waals surface area contributed by atoms with Gasteiger partial charge in [-0.1, -0.05) is 12.2 Å². The highest BCUT2D eigenvalue weighted by Crippen LogP contribution is 2.21. The molecule has 1 heterocycles. The van der Waals surface area contributed by atoms with Gasteiger partial charge in [0.15, 0.2) is 0 Å². The number of rotatable bonds is 3. The van der Waals surface area contributed by atoms with Gasteiger partial charge in [0.05, 0.1) is 6.54 Å². The molecule has 0 fully saturated rings. The second-order valence-corrected chi connectivity index (χ2v) is 5.84. The molecule has 1 unspecified atom stereocenters. The normalized spacial score (nSPS) is 19.7. The molecule has 0 aromatic carbocycles. The summed E-state index contributed by atoms with van der Waals surface area (Å²) >= 11 is 5.07. The maximum absolute atomic E-state index is 11.8. The Morgan fingerprint density at radius 1 is 1.56 bits per heavy atom. The highest BCUT2D eigenvalue weighted by Gasteiger charge is 2.18. The van der Waals surface area contributed by atoms with E-state index in [0.717, 1.165) is 23.7 Å². The molecule has 1 amide bonds. The molecule has 0 bridgehead atoms. The smallest absolute Gasteiger partial charge is 0.223 e. The SMILES string of the molecule is O=C(NCc1cc(Br)cs1)C1CC=CCC1. The number of hydrogen-bond acceptors (Lipinski definition) is 2. The molecule has 0 aliphatic heterocycles. The van der Waals surface area contributed by atoms with Gasteiger partial charge in [-0.15, -0.1) is 11.3 Å². The van der Waals surface area contributed by atoms with E-state index in [0.29, 0.717) is 6.54 Å². The van der Waals surface area contributed by atoms with Gasteiger partial charge in [0, 0.05) is 20.6 Å². The molecule has 1 aliphatic carbocycles. The third-order valence-electron chi connectivity index (χ3n) is 2.70. The first kappa shape index (κ1) is 11.9. The molecule has 0 saturated carbocycles. The lowest BCUT2D eigenvalue weighted by Crippen LogP contribution is -2.30. The van der Waals surface area contributed by atoms with Crippen LogP contribution in [-0.2, 0) is 11.3 Å². The summed E-state index contributed by atoms with van der Waals surface area (Å²) in [6, 6.07) is 2.05. The Morgan fingerprint density at radius 2 is 2.44 bits per heavy atom. The summed E-state index contributed by atoms with van der Waals surface area (Å²) in [6.45, 7) is 0.648. The van der Waals surface area contributed by atoms with Crippen molar-refractivity contribution >= 4 is 33.2 Å². The van der Waals surface area contributed by atoms with Crippen molar-refractivity contribution < 1.29 is 4.79 Å². The van der Waals surface area contributed by atoms with Gasteiger partial charge in [0.2, 0.25) is 5.91 Å². The van der Waals surface area contributed by atoms with E-state index in [4.69, 9.17) is 0 Å². The average Bonchev–Trinajstić information content (AvgIpc) is 2.73. The second-order valence-electron chi connectivity index (χ2n) is 3.93. The molecular weight excluding hydrogens is 286 g/mol. The minimum Gasteiger partial charge on any atom is -0.351 e. The van der Waals surface area contributed by atoms with Gasteiger partial charge in [-0.25, -0.2) is 0 Å². The number of thiophene rings is 1. The highest BCUT2D eigenvalue weighted by atomic mass is 79.9. The predicted octanol–water partition coefficient (Wildman–Crippen LogP) is 3.48. The molecule has 86 valence electrons. The second kappa shape index (κ2) is 5.64. The van der Waals surface area contributed by atoms with E-state index in [9.17, 15) is 4.79 Å². The number of nitrogens with one attached hydrogen (secondary N) is 1. The van der Waals surface area contributed by atoms with E-state index in [1.165, 1.54) is 4.88 Å². The summed E-state index contributed by atoms with van der Waals surface area (Å²) in [6.07, 6.45) is 7.16. The molecule has 2 nitrogen and oxygen atoms in total. The molecule has 1 N–H and O–H groups in total. The van der Waals surface area contributed by atoms with Crippen LogP contribution in [0.25, 0.3) is 0 Å². The van der Waals surface area contributed by atoms with Crippen molar-refractivity contribution in [3.05, 3.63) is 32.9 Å². The van der Waals surface area contributed by atoms with Crippen molar-refractivity contribution in [1.82, 2.24) is 5.32 Å². The Kier molecular flexibility index (Phi) is 4.18. The first-order valence-electron chi connectivity index (χ1n) is 5.41. The minimum atomic E-state index is 0.174. The molecule has 1 aliphatic rings. The summed E-state index contributed by atoms with van der Waals surface area (Å²) < 4.78 is 1.09. The lowest BCUT2D eigenvalue weighted by Gasteiger charge is -2.16. The molecular formula is C12H14BrNOS. The molecule has 16 heavy (non-hydrogen) atoms. The summed E-state index contributed by atoms with van der Waals surface area (Å²) in [4.78, 5) is 13.0. The topological polar surface area (TPSA) is 29.1 Å². The number of amides is 1. The van der Waals surface area contributed by atoms with Crippen LogP contribution in [0.1, 0.15) is 24.1 Å². The molecule has 1 aromatic rings.